The fourth-order valence-electron chi connectivity index (χ4n) is 0.780. The van der Waals surface area contributed by atoms with E-state index in [4.69, 9.17) is 5.11 Å². The molecule has 0 heterocycles. The van der Waals surface area contributed by atoms with Gasteiger partial charge in [0.2, 0.25) is 0 Å². The zero-order valence-electron chi connectivity index (χ0n) is 7.45. The first-order chi connectivity index (χ1) is 5.83. The number of phenolic OH excluding ortho intramolecular Hbond substituents is 1. The average molecular weight is 166 g/mol. The van der Waals surface area contributed by atoms with Crippen LogP contribution in [0.4, 0.5) is 0 Å². The Morgan fingerprint density at radius 3 is 2.58 bits per heavy atom. The highest BCUT2D eigenvalue weighted by atomic mass is 16.3. The molecule has 0 radical (unpaired) electrons. The van der Waals surface area contributed by atoms with Crippen LogP contribution in [0.1, 0.15) is 19.4 Å². The minimum Gasteiger partial charge on any atom is -0.508 e. The largest absolute Gasteiger partial charge is 0.508 e. The fourth-order valence-corrected chi connectivity index (χ4v) is 0.780. The Labute approximate surface area is 72.9 Å². The molecule has 0 atom stereocenters. The number of aldehydes is 1. The molecule has 0 saturated heterocycles. The van der Waals surface area contributed by atoms with Crippen LogP contribution in [-0.4, -0.2) is 11.4 Å². The van der Waals surface area contributed by atoms with Crippen molar-refractivity contribution in [3.8, 4) is 5.75 Å². The molecule has 0 aromatic heterocycles. The van der Waals surface area contributed by atoms with Gasteiger partial charge in [-0.15, -0.1) is 0 Å². The van der Waals surface area contributed by atoms with Gasteiger partial charge in [-0.25, -0.2) is 0 Å². The molecule has 0 aliphatic carbocycles. The molecule has 1 aromatic rings. The van der Waals surface area contributed by atoms with Crippen LogP contribution in [0.5, 0.6) is 5.75 Å². The maximum atomic E-state index is 10.0. The maximum Gasteiger partial charge on any atom is 0.124 e. The van der Waals surface area contributed by atoms with E-state index in [0.717, 1.165) is 11.8 Å². The van der Waals surface area contributed by atoms with E-state index in [-0.39, 0.29) is 5.75 Å². The summed E-state index contributed by atoms with van der Waals surface area (Å²) < 4.78 is 0. The van der Waals surface area contributed by atoms with E-state index in [1.165, 1.54) is 0 Å². The molecule has 0 fully saturated rings. The number of benzene rings is 1. The van der Waals surface area contributed by atoms with E-state index in [2.05, 4.69) is 0 Å². The molecule has 0 saturated carbocycles. The minimum atomic E-state index is 0.208. The lowest BCUT2D eigenvalue weighted by atomic mass is 10.2. The van der Waals surface area contributed by atoms with Crippen molar-refractivity contribution in [2.45, 2.75) is 20.3 Å². The minimum absolute atomic E-state index is 0.208. The van der Waals surface area contributed by atoms with Crippen LogP contribution >= 0.6 is 0 Å². The van der Waals surface area contributed by atoms with E-state index in [0.29, 0.717) is 6.42 Å². The summed E-state index contributed by atoms with van der Waals surface area (Å²) in [5.41, 5.74) is 0.843. The molecule has 0 aliphatic heterocycles. The van der Waals surface area contributed by atoms with Crippen molar-refractivity contribution in [2.75, 3.05) is 0 Å². The van der Waals surface area contributed by atoms with Gasteiger partial charge in [0.25, 0.3) is 0 Å². The Morgan fingerprint density at radius 2 is 2.08 bits per heavy atom. The highest BCUT2D eigenvalue weighted by Crippen LogP contribution is 2.10. The Morgan fingerprint density at radius 1 is 1.42 bits per heavy atom. The highest BCUT2D eigenvalue weighted by molar-refractivity contribution is 5.55. The normalized spacial score (nSPS) is 8.17. The average Bonchev–Trinajstić information content (AvgIpc) is 2.09. The van der Waals surface area contributed by atoms with E-state index >= 15 is 0 Å². The lowest BCUT2D eigenvalue weighted by Crippen LogP contribution is -1.83. The van der Waals surface area contributed by atoms with Crippen molar-refractivity contribution in [1.82, 2.24) is 0 Å². The molecule has 1 N–H and O–H groups in total. The number of hydrogen-bond acceptors (Lipinski definition) is 2. The maximum absolute atomic E-state index is 10.0. The van der Waals surface area contributed by atoms with Gasteiger partial charge in [0.05, 0.1) is 0 Å². The molecule has 2 nitrogen and oxygen atoms in total. The molecule has 0 aliphatic rings. The van der Waals surface area contributed by atoms with Crippen molar-refractivity contribution in [3.05, 3.63) is 29.8 Å². The summed E-state index contributed by atoms with van der Waals surface area (Å²) in [6, 6.07) is 6.67. The topological polar surface area (TPSA) is 37.3 Å². The first-order valence-electron chi connectivity index (χ1n) is 4.04. The van der Waals surface area contributed by atoms with Crippen LogP contribution in [0.2, 0.25) is 0 Å². The predicted octanol–water partition coefficient (Wildman–Crippen LogP) is 2.16. The Bertz CT molecular complexity index is 231. The van der Waals surface area contributed by atoms with Crippen LogP contribution < -0.4 is 0 Å². The third kappa shape index (κ3) is 3.76. The molecule has 0 spiro atoms. The van der Waals surface area contributed by atoms with Gasteiger partial charge in [-0.3, -0.25) is 0 Å². The van der Waals surface area contributed by atoms with E-state index in [1.54, 1.807) is 24.3 Å². The SMILES string of the molecule is CC.O=CCc1cccc(O)c1. The number of hydrogen-bond donors (Lipinski definition) is 1. The van der Waals surface area contributed by atoms with Gasteiger partial charge in [-0.1, -0.05) is 26.0 Å². The summed E-state index contributed by atoms with van der Waals surface area (Å²) >= 11 is 0. The summed E-state index contributed by atoms with van der Waals surface area (Å²) in [6.45, 7) is 4.00. The van der Waals surface area contributed by atoms with Crippen LogP contribution in [0.3, 0.4) is 0 Å². The second kappa shape index (κ2) is 6.40. The smallest absolute Gasteiger partial charge is 0.124 e. The van der Waals surface area contributed by atoms with Crippen molar-refractivity contribution >= 4 is 6.29 Å². The first kappa shape index (κ1) is 10.7. The molecule has 0 amide bonds. The van der Waals surface area contributed by atoms with Crippen molar-refractivity contribution in [3.63, 3.8) is 0 Å². The van der Waals surface area contributed by atoms with E-state index in [9.17, 15) is 4.79 Å². The number of aromatic hydroxyl groups is 1. The predicted molar refractivity (Wildman–Crippen MR) is 49.2 cm³/mol. The van der Waals surface area contributed by atoms with Crippen molar-refractivity contribution < 1.29 is 9.90 Å². The van der Waals surface area contributed by atoms with Crippen LogP contribution in [0, 0.1) is 0 Å². The summed E-state index contributed by atoms with van der Waals surface area (Å²) in [7, 11) is 0. The Hall–Kier alpha value is -1.31. The fraction of sp³-hybridized carbons (Fsp3) is 0.300. The molecule has 1 aromatic carbocycles. The van der Waals surface area contributed by atoms with Gasteiger partial charge in [0.15, 0.2) is 0 Å². The lowest BCUT2D eigenvalue weighted by Gasteiger charge is -1.93. The van der Waals surface area contributed by atoms with Gasteiger partial charge in [-0.05, 0) is 17.7 Å². The number of carbonyl (C=O) groups is 1. The second-order valence-electron chi connectivity index (χ2n) is 2.04. The molecule has 0 bridgehead atoms. The molecule has 0 unspecified atom stereocenters. The van der Waals surface area contributed by atoms with Crippen molar-refractivity contribution in [1.29, 1.82) is 0 Å². The Balaban J connectivity index is 0.000000561. The number of phenols is 1. The molecular weight excluding hydrogens is 152 g/mol. The van der Waals surface area contributed by atoms with E-state index in [1.807, 2.05) is 13.8 Å². The molecule has 12 heavy (non-hydrogen) atoms. The van der Waals surface area contributed by atoms with Gasteiger partial charge in [-0.2, -0.15) is 0 Å². The summed E-state index contributed by atoms with van der Waals surface area (Å²) in [6.07, 6.45) is 1.18. The van der Waals surface area contributed by atoms with Crippen molar-refractivity contribution in [2.24, 2.45) is 0 Å². The van der Waals surface area contributed by atoms with Crippen LogP contribution in [0.15, 0.2) is 24.3 Å². The zero-order chi connectivity index (χ0) is 9.40. The highest BCUT2D eigenvalue weighted by Gasteiger charge is 1.90. The summed E-state index contributed by atoms with van der Waals surface area (Å²) in [4.78, 5) is 10.0. The Kier molecular flexibility index (Phi) is 5.70. The third-order valence-electron chi connectivity index (χ3n) is 1.23. The monoisotopic (exact) mass is 166 g/mol. The molecular formula is C10H14O2. The van der Waals surface area contributed by atoms with E-state index < -0.39 is 0 Å². The molecule has 2 heteroatoms. The summed E-state index contributed by atoms with van der Waals surface area (Å²) in [5, 5.41) is 8.92. The van der Waals surface area contributed by atoms with Gasteiger partial charge in [0.1, 0.15) is 12.0 Å². The second-order valence-corrected chi connectivity index (χ2v) is 2.04. The summed E-state index contributed by atoms with van der Waals surface area (Å²) in [5.74, 6) is 0.208. The van der Waals surface area contributed by atoms with Gasteiger partial charge in [0, 0.05) is 6.42 Å². The molecule has 1 rings (SSSR count). The standard InChI is InChI=1S/C8H8O2.C2H6/c9-5-4-7-2-1-3-8(10)6-7;1-2/h1-3,5-6,10H,4H2;1-2H3. The van der Waals surface area contributed by atoms with Crippen LogP contribution in [0.25, 0.3) is 0 Å². The van der Waals surface area contributed by atoms with Crippen LogP contribution in [-0.2, 0) is 11.2 Å². The van der Waals surface area contributed by atoms with Gasteiger partial charge >= 0.3 is 0 Å². The first-order valence-corrected chi connectivity index (χ1v) is 4.04. The number of rotatable bonds is 2. The molecule has 66 valence electrons. The lowest BCUT2D eigenvalue weighted by molar-refractivity contribution is -0.107. The third-order valence-corrected chi connectivity index (χ3v) is 1.23. The van der Waals surface area contributed by atoms with Gasteiger partial charge < -0.3 is 9.90 Å². The number of carbonyl (C=O) groups excluding carboxylic acids is 1. The quantitative estimate of drug-likeness (QED) is 0.683. The zero-order valence-corrected chi connectivity index (χ0v) is 7.45.